The molecule has 4 aromatic carbocycles. The van der Waals surface area contributed by atoms with Crippen LogP contribution in [0.25, 0.3) is 21.5 Å². The highest BCUT2D eigenvalue weighted by Crippen LogP contribution is 2.30. The van der Waals surface area contributed by atoms with Gasteiger partial charge in [-0.1, -0.05) is 66.7 Å². The number of nitrogens with zero attached hydrogens (tertiary/aromatic N) is 1. The van der Waals surface area contributed by atoms with Gasteiger partial charge in [-0.3, -0.25) is 4.90 Å². The zero-order valence-electron chi connectivity index (χ0n) is 15.2. The first kappa shape index (κ1) is 16.6. The van der Waals surface area contributed by atoms with Crippen LogP contribution in [0, 0.1) is 0 Å². The van der Waals surface area contributed by atoms with Crippen LogP contribution in [0.1, 0.15) is 0 Å². The fourth-order valence-corrected chi connectivity index (χ4v) is 3.70. The molecule has 4 nitrogen and oxygen atoms in total. The van der Waals surface area contributed by atoms with Gasteiger partial charge in [0.15, 0.2) is 6.10 Å². The van der Waals surface area contributed by atoms with E-state index in [0.29, 0.717) is 13.2 Å². The summed E-state index contributed by atoms with van der Waals surface area (Å²) in [5.74, 6) is 0.776. The first-order valence-corrected chi connectivity index (χ1v) is 9.35. The molecule has 1 heterocycles. The molecule has 0 aliphatic carbocycles. The third-order valence-electron chi connectivity index (χ3n) is 5.09. The second kappa shape index (κ2) is 6.89. The molecule has 1 aliphatic heterocycles. The average Bonchev–Trinajstić information content (AvgIpc) is 3.12. The van der Waals surface area contributed by atoms with E-state index in [1.165, 1.54) is 5.39 Å². The number of rotatable bonds is 4. The highest BCUT2D eigenvalue weighted by atomic mass is 16.6. The Morgan fingerprint density at radius 2 is 1.61 bits per heavy atom. The van der Waals surface area contributed by atoms with Gasteiger partial charge in [0.1, 0.15) is 12.4 Å². The normalized spacial score (nSPS) is 16.5. The number of fused-ring (bicyclic) bond motifs is 2. The number of cyclic esters (lactones) is 1. The van der Waals surface area contributed by atoms with Crippen LogP contribution < -0.4 is 9.64 Å². The first-order valence-electron chi connectivity index (χ1n) is 9.35. The summed E-state index contributed by atoms with van der Waals surface area (Å²) in [6, 6.07) is 28.1. The summed E-state index contributed by atoms with van der Waals surface area (Å²) in [5, 5.41) is 4.44. The maximum absolute atomic E-state index is 12.5. The Kier molecular flexibility index (Phi) is 4.09. The predicted octanol–water partition coefficient (Wildman–Crippen LogP) is 5.40. The van der Waals surface area contributed by atoms with Crippen molar-refractivity contribution in [2.24, 2.45) is 0 Å². The van der Waals surface area contributed by atoms with E-state index in [4.69, 9.17) is 9.47 Å². The number of hydrogen-bond acceptors (Lipinski definition) is 3. The molecular weight excluding hydrogens is 350 g/mol. The molecule has 4 aromatic rings. The molecule has 0 spiro atoms. The number of carbonyl (C=O) groups is 1. The van der Waals surface area contributed by atoms with E-state index in [9.17, 15) is 4.79 Å². The summed E-state index contributed by atoms with van der Waals surface area (Å²) in [7, 11) is 0. The van der Waals surface area contributed by atoms with Gasteiger partial charge in [0.25, 0.3) is 0 Å². The van der Waals surface area contributed by atoms with Crippen molar-refractivity contribution in [3.63, 3.8) is 0 Å². The molecule has 0 saturated carbocycles. The summed E-state index contributed by atoms with van der Waals surface area (Å²) in [4.78, 5) is 14.2. The van der Waals surface area contributed by atoms with Crippen molar-refractivity contribution in [1.82, 2.24) is 0 Å². The second-order valence-corrected chi connectivity index (χ2v) is 6.93. The highest BCUT2D eigenvalue weighted by Gasteiger charge is 2.33. The van der Waals surface area contributed by atoms with Crippen LogP contribution in [0.5, 0.6) is 5.75 Å². The summed E-state index contributed by atoms with van der Waals surface area (Å²) in [5.41, 5.74) is 0.872. The topological polar surface area (TPSA) is 38.8 Å². The minimum absolute atomic E-state index is 0.307. The Labute approximate surface area is 162 Å². The van der Waals surface area contributed by atoms with Gasteiger partial charge in [-0.2, -0.15) is 0 Å². The SMILES string of the molecule is O=C1OC(COc2ccc3ccccc3c2)CN1c1cccc2ccccc12. The summed E-state index contributed by atoms with van der Waals surface area (Å²) in [6.45, 7) is 0.797. The van der Waals surface area contributed by atoms with E-state index in [1.54, 1.807) is 4.90 Å². The number of amides is 1. The Hall–Kier alpha value is -3.53. The lowest BCUT2D eigenvalue weighted by molar-refractivity contribution is 0.105. The van der Waals surface area contributed by atoms with E-state index in [0.717, 1.165) is 27.6 Å². The van der Waals surface area contributed by atoms with E-state index < -0.39 is 0 Å². The Morgan fingerprint density at radius 3 is 2.50 bits per heavy atom. The molecule has 5 rings (SSSR count). The fraction of sp³-hybridized carbons (Fsp3) is 0.125. The van der Waals surface area contributed by atoms with E-state index in [1.807, 2.05) is 72.8 Å². The summed E-state index contributed by atoms with van der Waals surface area (Å²) < 4.78 is 11.5. The van der Waals surface area contributed by atoms with Gasteiger partial charge in [0.2, 0.25) is 0 Å². The standard InChI is InChI=1S/C24H19NO3/c26-24-25(23-11-5-9-18-7-3-4-10-22(18)23)15-21(28-24)16-27-20-13-12-17-6-1-2-8-19(17)14-20/h1-14,21H,15-16H2. The van der Waals surface area contributed by atoms with Crippen molar-refractivity contribution >= 4 is 33.3 Å². The van der Waals surface area contributed by atoms with Gasteiger partial charge >= 0.3 is 6.09 Å². The molecule has 1 unspecified atom stereocenters. The zero-order valence-corrected chi connectivity index (χ0v) is 15.2. The molecule has 1 amide bonds. The van der Waals surface area contributed by atoms with Gasteiger partial charge in [0, 0.05) is 5.39 Å². The first-order chi connectivity index (χ1) is 13.8. The number of ether oxygens (including phenoxy) is 2. The van der Waals surface area contributed by atoms with Crippen molar-refractivity contribution in [3.05, 3.63) is 84.9 Å². The number of carbonyl (C=O) groups excluding carboxylic acids is 1. The average molecular weight is 369 g/mol. The second-order valence-electron chi connectivity index (χ2n) is 6.93. The molecule has 1 fully saturated rings. The Bertz CT molecular complexity index is 1170. The van der Waals surface area contributed by atoms with Crippen molar-refractivity contribution < 1.29 is 14.3 Å². The van der Waals surface area contributed by atoms with Gasteiger partial charge in [-0.05, 0) is 34.4 Å². The highest BCUT2D eigenvalue weighted by molar-refractivity contribution is 6.02. The van der Waals surface area contributed by atoms with Crippen LogP contribution in [-0.4, -0.2) is 25.3 Å². The molecule has 28 heavy (non-hydrogen) atoms. The lowest BCUT2D eigenvalue weighted by Gasteiger charge is -2.16. The smallest absolute Gasteiger partial charge is 0.414 e. The van der Waals surface area contributed by atoms with Crippen molar-refractivity contribution in [3.8, 4) is 5.75 Å². The third-order valence-corrected chi connectivity index (χ3v) is 5.09. The van der Waals surface area contributed by atoms with Gasteiger partial charge in [0.05, 0.1) is 12.2 Å². The molecule has 0 radical (unpaired) electrons. The van der Waals surface area contributed by atoms with Crippen LogP contribution >= 0.6 is 0 Å². The van der Waals surface area contributed by atoms with E-state index >= 15 is 0 Å². The lowest BCUT2D eigenvalue weighted by atomic mass is 10.1. The van der Waals surface area contributed by atoms with Crippen LogP contribution in [0.3, 0.4) is 0 Å². The van der Waals surface area contributed by atoms with Crippen LogP contribution in [0.2, 0.25) is 0 Å². The van der Waals surface area contributed by atoms with Crippen molar-refractivity contribution in [1.29, 1.82) is 0 Å². The van der Waals surface area contributed by atoms with E-state index in [-0.39, 0.29) is 12.2 Å². The van der Waals surface area contributed by atoms with Crippen molar-refractivity contribution in [2.45, 2.75) is 6.10 Å². The number of anilines is 1. The molecule has 138 valence electrons. The molecule has 4 heteroatoms. The molecule has 1 atom stereocenters. The lowest BCUT2D eigenvalue weighted by Crippen LogP contribution is -2.26. The maximum atomic E-state index is 12.5. The molecule has 1 aliphatic rings. The molecule has 0 bridgehead atoms. The third kappa shape index (κ3) is 3.03. The van der Waals surface area contributed by atoms with Crippen LogP contribution in [0.4, 0.5) is 10.5 Å². The minimum Gasteiger partial charge on any atom is -0.490 e. The summed E-state index contributed by atoms with van der Waals surface area (Å²) in [6.07, 6.45) is -0.638. The van der Waals surface area contributed by atoms with Gasteiger partial charge in [-0.15, -0.1) is 0 Å². The predicted molar refractivity (Wildman–Crippen MR) is 111 cm³/mol. The fourth-order valence-electron chi connectivity index (χ4n) is 3.70. The number of hydrogen-bond donors (Lipinski definition) is 0. The molecule has 0 N–H and O–H groups in total. The summed E-state index contributed by atoms with van der Waals surface area (Å²) >= 11 is 0. The van der Waals surface area contributed by atoms with Crippen molar-refractivity contribution in [2.75, 3.05) is 18.1 Å². The largest absolute Gasteiger partial charge is 0.490 e. The van der Waals surface area contributed by atoms with Crippen LogP contribution in [0.15, 0.2) is 84.9 Å². The molecule has 1 saturated heterocycles. The quantitative estimate of drug-likeness (QED) is 0.484. The van der Waals surface area contributed by atoms with E-state index in [2.05, 4.69) is 12.1 Å². The van der Waals surface area contributed by atoms with Crippen LogP contribution in [-0.2, 0) is 4.74 Å². The molecular formula is C24H19NO3. The Balaban J connectivity index is 1.32. The van der Waals surface area contributed by atoms with Gasteiger partial charge < -0.3 is 9.47 Å². The maximum Gasteiger partial charge on any atom is 0.414 e. The zero-order chi connectivity index (χ0) is 18.9. The van der Waals surface area contributed by atoms with Gasteiger partial charge in [-0.25, -0.2) is 4.79 Å². The number of benzene rings is 4. The Morgan fingerprint density at radius 1 is 0.857 bits per heavy atom. The monoisotopic (exact) mass is 369 g/mol. The molecule has 0 aromatic heterocycles. The minimum atomic E-state index is -0.330.